The van der Waals surface area contributed by atoms with Gasteiger partial charge in [0.15, 0.2) is 0 Å². The van der Waals surface area contributed by atoms with Gasteiger partial charge < -0.3 is 10.1 Å². The highest BCUT2D eigenvalue weighted by Gasteiger charge is 2.16. The Morgan fingerprint density at radius 3 is 3.06 bits per heavy atom. The molecule has 18 heavy (non-hydrogen) atoms. The maximum absolute atomic E-state index is 5.57. The molecule has 3 rings (SSSR count). The Morgan fingerprint density at radius 2 is 2.22 bits per heavy atom. The van der Waals surface area contributed by atoms with E-state index in [-0.39, 0.29) is 6.04 Å². The van der Waals surface area contributed by atoms with Crippen LogP contribution in [0.25, 0.3) is 0 Å². The van der Waals surface area contributed by atoms with Gasteiger partial charge in [-0.05, 0) is 30.7 Å². The number of nitrogens with zero attached hydrogens (tertiary/aromatic N) is 1. The maximum Gasteiger partial charge on any atom is 0.124 e. The van der Waals surface area contributed by atoms with E-state index in [1.807, 2.05) is 24.4 Å². The number of rotatable bonds is 3. The van der Waals surface area contributed by atoms with Crippen molar-refractivity contribution in [3.63, 3.8) is 0 Å². The first-order chi connectivity index (χ1) is 8.84. The molecular formula is C15H16N2O. The minimum Gasteiger partial charge on any atom is -0.493 e. The van der Waals surface area contributed by atoms with Crippen molar-refractivity contribution in [2.45, 2.75) is 19.4 Å². The van der Waals surface area contributed by atoms with Crippen LogP contribution in [-0.2, 0) is 6.42 Å². The number of aromatic nitrogens is 1. The molecule has 3 nitrogen and oxygen atoms in total. The Hall–Kier alpha value is -2.03. The third-order valence-corrected chi connectivity index (χ3v) is 3.30. The summed E-state index contributed by atoms with van der Waals surface area (Å²) in [7, 11) is 0. The summed E-state index contributed by atoms with van der Waals surface area (Å²) in [4.78, 5) is 4.16. The van der Waals surface area contributed by atoms with E-state index in [0.717, 1.165) is 18.8 Å². The van der Waals surface area contributed by atoms with Gasteiger partial charge in [0.1, 0.15) is 5.75 Å². The van der Waals surface area contributed by atoms with Crippen molar-refractivity contribution in [3.05, 3.63) is 53.9 Å². The van der Waals surface area contributed by atoms with Crippen molar-refractivity contribution in [1.82, 2.24) is 4.98 Å². The molecule has 0 saturated heterocycles. The first-order valence-electron chi connectivity index (χ1n) is 6.26. The van der Waals surface area contributed by atoms with Crippen molar-refractivity contribution >= 4 is 5.69 Å². The van der Waals surface area contributed by atoms with Crippen molar-refractivity contribution < 1.29 is 4.74 Å². The van der Waals surface area contributed by atoms with Gasteiger partial charge in [-0.25, -0.2) is 0 Å². The van der Waals surface area contributed by atoms with Crippen molar-refractivity contribution in [1.29, 1.82) is 0 Å². The van der Waals surface area contributed by atoms with Crippen LogP contribution in [0.2, 0.25) is 0 Å². The number of hydrogen-bond donors (Lipinski definition) is 1. The molecule has 1 aromatic heterocycles. The molecule has 0 amide bonds. The van der Waals surface area contributed by atoms with E-state index in [4.69, 9.17) is 4.74 Å². The van der Waals surface area contributed by atoms with Crippen LogP contribution >= 0.6 is 0 Å². The molecular weight excluding hydrogens is 224 g/mol. The van der Waals surface area contributed by atoms with Gasteiger partial charge in [-0.15, -0.1) is 0 Å². The molecule has 0 aliphatic carbocycles. The summed E-state index contributed by atoms with van der Waals surface area (Å²) in [6, 6.07) is 10.5. The van der Waals surface area contributed by atoms with E-state index < -0.39 is 0 Å². The molecule has 0 fully saturated rings. The SMILES string of the molecule is C[C@H](Nc1cccc2c1CCO2)c1cccnc1. The largest absolute Gasteiger partial charge is 0.493 e. The Morgan fingerprint density at radius 1 is 1.28 bits per heavy atom. The lowest BCUT2D eigenvalue weighted by molar-refractivity contribution is 0.357. The lowest BCUT2D eigenvalue weighted by Gasteiger charge is -2.17. The Labute approximate surface area is 107 Å². The summed E-state index contributed by atoms with van der Waals surface area (Å²) in [6.45, 7) is 2.93. The van der Waals surface area contributed by atoms with Crippen molar-refractivity contribution in [2.24, 2.45) is 0 Å². The minimum atomic E-state index is 0.241. The molecule has 0 saturated carbocycles. The second-order valence-electron chi connectivity index (χ2n) is 4.53. The molecule has 1 aliphatic heterocycles. The summed E-state index contributed by atoms with van der Waals surface area (Å²) >= 11 is 0. The summed E-state index contributed by atoms with van der Waals surface area (Å²) in [5, 5.41) is 3.54. The standard InChI is InChI=1S/C15H16N2O/c1-11(12-4-3-8-16-10-12)17-14-5-2-6-15-13(14)7-9-18-15/h2-6,8,10-11,17H,7,9H2,1H3/t11-/m0/s1. The van der Waals surface area contributed by atoms with Crippen LogP contribution < -0.4 is 10.1 Å². The minimum absolute atomic E-state index is 0.241. The molecule has 0 spiro atoms. The fraction of sp³-hybridized carbons (Fsp3) is 0.267. The number of pyridine rings is 1. The third kappa shape index (κ3) is 2.04. The lowest BCUT2D eigenvalue weighted by atomic mass is 10.1. The molecule has 1 aromatic carbocycles. The number of fused-ring (bicyclic) bond motifs is 1. The molecule has 0 unspecified atom stereocenters. The molecule has 2 heterocycles. The van der Waals surface area contributed by atoms with Crippen LogP contribution in [0.5, 0.6) is 5.75 Å². The van der Waals surface area contributed by atoms with Gasteiger partial charge in [-0.2, -0.15) is 0 Å². The molecule has 0 bridgehead atoms. The predicted molar refractivity (Wildman–Crippen MR) is 71.9 cm³/mol. The fourth-order valence-electron chi connectivity index (χ4n) is 2.31. The first kappa shape index (κ1) is 11.1. The molecule has 3 heteroatoms. The van der Waals surface area contributed by atoms with Gasteiger partial charge in [0, 0.05) is 30.1 Å². The molecule has 92 valence electrons. The van der Waals surface area contributed by atoms with Gasteiger partial charge >= 0.3 is 0 Å². The van der Waals surface area contributed by atoms with Gasteiger partial charge in [-0.1, -0.05) is 12.1 Å². The topological polar surface area (TPSA) is 34.1 Å². The monoisotopic (exact) mass is 240 g/mol. The smallest absolute Gasteiger partial charge is 0.124 e. The normalized spacial score (nSPS) is 14.7. The quantitative estimate of drug-likeness (QED) is 0.894. The zero-order chi connectivity index (χ0) is 12.4. The zero-order valence-electron chi connectivity index (χ0n) is 10.4. The number of nitrogens with one attached hydrogen (secondary N) is 1. The fourth-order valence-corrected chi connectivity index (χ4v) is 2.31. The Kier molecular flexibility index (Phi) is 2.89. The third-order valence-electron chi connectivity index (χ3n) is 3.30. The van der Waals surface area contributed by atoms with E-state index in [9.17, 15) is 0 Å². The predicted octanol–water partition coefficient (Wildman–Crippen LogP) is 3.19. The Balaban J connectivity index is 1.83. The van der Waals surface area contributed by atoms with Crippen LogP contribution in [0.1, 0.15) is 24.1 Å². The van der Waals surface area contributed by atoms with Gasteiger partial charge in [0.05, 0.1) is 12.6 Å². The summed E-state index contributed by atoms with van der Waals surface area (Å²) in [6.07, 6.45) is 4.68. The number of hydrogen-bond acceptors (Lipinski definition) is 3. The molecule has 1 atom stereocenters. The number of anilines is 1. The van der Waals surface area contributed by atoms with Crippen LogP contribution in [0.15, 0.2) is 42.7 Å². The maximum atomic E-state index is 5.57. The van der Waals surface area contributed by atoms with Crippen molar-refractivity contribution in [3.8, 4) is 5.75 Å². The highest BCUT2D eigenvalue weighted by Crippen LogP contribution is 2.33. The zero-order valence-corrected chi connectivity index (χ0v) is 10.4. The van der Waals surface area contributed by atoms with Crippen LogP contribution in [0.3, 0.4) is 0 Å². The van der Waals surface area contributed by atoms with E-state index in [1.165, 1.54) is 16.8 Å². The summed E-state index contributed by atoms with van der Waals surface area (Å²) in [5.41, 5.74) is 3.64. The van der Waals surface area contributed by atoms with Crippen LogP contribution in [0.4, 0.5) is 5.69 Å². The van der Waals surface area contributed by atoms with Gasteiger partial charge in [0.25, 0.3) is 0 Å². The molecule has 0 radical (unpaired) electrons. The van der Waals surface area contributed by atoms with E-state index in [1.54, 1.807) is 6.20 Å². The van der Waals surface area contributed by atoms with E-state index >= 15 is 0 Å². The summed E-state index contributed by atoms with van der Waals surface area (Å²) < 4.78 is 5.57. The first-order valence-corrected chi connectivity index (χ1v) is 6.26. The van der Waals surface area contributed by atoms with E-state index in [2.05, 4.69) is 29.4 Å². The van der Waals surface area contributed by atoms with Crippen molar-refractivity contribution in [2.75, 3.05) is 11.9 Å². The van der Waals surface area contributed by atoms with Gasteiger partial charge in [-0.3, -0.25) is 4.98 Å². The lowest BCUT2D eigenvalue weighted by Crippen LogP contribution is -2.08. The summed E-state index contributed by atoms with van der Waals surface area (Å²) in [5.74, 6) is 1.01. The second-order valence-corrected chi connectivity index (χ2v) is 4.53. The highest BCUT2D eigenvalue weighted by atomic mass is 16.5. The average molecular weight is 240 g/mol. The molecule has 1 N–H and O–H groups in total. The van der Waals surface area contributed by atoms with Crippen LogP contribution in [0, 0.1) is 0 Å². The van der Waals surface area contributed by atoms with E-state index in [0.29, 0.717) is 0 Å². The molecule has 2 aromatic rings. The molecule has 1 aliphatic rings. The number of benzene rings is 1. The second kappa shape index (κ2) is 4.69. The van der Waals surface area contributed by atoms with Gasteiger partial charge in [0.2, 0.25) is 0 Å². The van der Waals surface area contributed by atoms with Crippen LogP contribution in [-0.4, -0.2) is 11.6 Å². The average Bonchev–Trinajstić information content (AvgIpc) is 2.89. The highest BCUT2D eigenvalue weighted by molar-refractivity contribution is 5.59. The number of ether oxygens (including phenoxy) is 1. The Bertz CT molecular complexity index is 539.